The van der Waals surface area contributed by atoms with E-state index in [9.17, 15) is 0 Å². The van der Waals surface area contributed by atoms with E-state index in [4.69, 9.17) is 9.47 Å². The maximum absolute atomic E-state index is 5.74. The molecule has 2 heterocycles. The molecule has 1 aliphatic carbocycles. The second-order valence-corrected chi connectivity index (χ2v) is 4.53. The minimum atomic E-state index is -0.165. The summed E-state index contributed by atoms with van der Waals surface area (Å²) in [7, 11) is 0. The predicted octanol–water partition coefficient (Wildman–Crippen LogP) is 0.749. The van der Waals surface area contributed by atoms with E-state index in [1.165, 1.54) is 19.5 Å². The van der Waals surface area contributed by atoms with Crippen molar-refractivity contribution in [2.75, 3.05) is 26.3 Å². The van der Waals surface area contributed by atoms with Gasteiger partial charge in [-0.25, -0.2) is 0 Å². The first-order valence-electron chi connectivity index (χ1n) is 5.37. The number of fused-ring (bicyclic) bond motifs is 1. The van der Waals surface area contributed by atoms with E-state index in [1.807, 2.05) is 0 Å². The Morgan fingerprint density at radius 2 is 1.85 bits per heavy atom. The Balaban J connectivity index is 1.74. The molecule has 1 N–H and O–H groups in total. The van der Waals surface area contributed by atoms with Gasteiger partial charge in [-0.15, -0.1) is 0 Å². The summed E-state index contributed by atoms with van der Waals surface area (Å²) in [6.45, 7) is 3.94. The van der Waals surface area contributed by atoms with Gasteiger partial charge >= 0.3 is 0 Å². The van der Waals surface area contributed by atoms with Gasteiger partial charge in [0.05, 0.1) is 13.2 Å². The van der Waals surface area contributed by atoms with Crippen LogP contribution in [-0.2, 0) is 9.47 Å². The average molecular weight is 183 g/mol. The molecule has 3 aliphatic rings. The zero-order chi connectivity index (χ0) is 8.73. The lowest BCUT2D eigenvalue weighted by Gasteiger charge is -2.24. The molecule has 2 aliphatic heterocycles. The van der Waals surface area contributed by atoms with Crippen LogP contribution in [0.25, 0.3) is 0 Å². The van der Waals surface area contributed by atoms with Crippen molar-refractivity contribution in [2.24, 2.45) is 11.8 Å². The molecule has 0 bridgehead atoms. The summed E-state index contributed by atoms with van der Waals surface area (Å²) >= 11 is 0. The fraction of sp³-hybridized carbons (Fsp3) is 1.00. The zero-order valence-electron chi connectivity index (χ0n) is 7.92. The first-order valence-corrected chi connectivity index (χ1v) is 5.37. The molecular formula is C10H17NO2. The van der Waals surface area contributed by atoms with Gasteiger partial charge in [0.1, 0.15) is 0 Å². The second kappa shape index (κ2) is 2.94. The lowest BCUT2D eigenvalue weighted by molar-refractivity contribution is -0.154. The van der Waals surface area contributed by atoms with E-state index < -0.39 is 0 Å². The monoisotopic (exact) mass is 183 g/mol. The van der Waals surface area contributed by atoms with Crippen LogP contribution in [0, 0.1) is 11.8 Å². The molecule has 3 heteroatoms. The number of nitrogens with one attached hydrogen (secondary N) is 1. The highest BCUT2D eigenvalue weighted by Gasteiger charge is 2.49. The summed E-state index contributed by atoms with van der Waals surface area (Å²) in [5, 5.41) is 3.45. The lowest BCUT2D eigenvalue weighted by Crippen LogP contribution is -2.33. The van der Waals surface area contributed by atoms with Crippen LogP contribution in [0.3, 0.4) is 0 Å². The van der Waals surface area contributed by atoms with Crippen LogP contribution < -0.4 is 5.32 Å². The molecule has 74 valence electrons. The highest BCUT2D eigenvalue weighted by atomic mass is 16.7. The molecule has 2 atom stereocenters. The summed E-state index contributed by atoms with van der Waals surface area (Å²) < 4.78 is 11.5. The molecule has 1 saturated carbocycles. The Morgan fingerprint density at radius 3 is 2.62 bits per heavy atom. The van der Waals surface area contributed by atoms with Crippen LogP contribution in [0.1, 0.15) is 19.3 Å². The Morgan fingerprint density at radius 1 is 1.08 bits per heavy atom. The van der Waals surface area contributed by atoms with E-state index in [0.717, 1.165) is 37.9 Å². The molecule has 0 radical (unpaired) electrons. The van der Waals surface area contributed by atoms with Crippen LogP contribution >= 0.6 is 0 Å². The standard InChI is InChI=1S/C10H17NO2/c1-2-11-7-9-6-10(5-8(1)9)12-3-4-13-10/h8-9,11H,1-7H2. The number of ether oxygens (including phenoxy) is 2. The fourth-order valence-corrected chi connectivity index (χ4v) is 3.10. The first-order chi connectivity index (χ1) is 6.38. The van der Waals surface area contributed by atoms with Gasteiger partial charge in [0, 0.05) is 12.8 Å². The molecule has 0 aromatic carbocycles. The molecule has 2 unspecified atom stereocenters. The average Bonchev–Trinajstić information content (AvgIpc) is 2.72. The van der Waals surface area contributed by atoms with Crippen molar-refractivity contribution in [2.45, 2.75) is 25.0 Å². The largest absolute Gasteiger partial charge is 0.348 e. The van der Waals surface area contributed by atoms with E-state index in [-0.39, 0.29) is 5.79 Å². The van der Waals surface area contributed by atoms with Gasteiger partial charge in [0.15, 0.2) is 5.79 Å². The third-order valence-electron chi connectivity index (χ3n) is 3.73. The van der Waals surface area contributed by atoms with Crippen molar-refractivity contribution in [3.63, 3.8) is 0 Å². The lowest BCUT2D eigenvalue weighted by atomic mass is 9.90. The minimum absolute atomic E-state index is 0.165. The van der Waals surface area contributed by atoms with Crippen LogP contribution in [0.4, 0.5) is 0 Å². The molecule has 3 rings (SSSR count). The van der Waals surface area contributed by atoms with E-state index >= 15 is 0 Å². The molecule has 13 heavy (non-hydrogen) atoms. The van der Waals surface area contributed by atoms with Gasteiger partial charge in [0.2, 0.25) is 0 Å². The number of hydrogen-bond acceptors (Lipinski definition) is 3. The minimum Gasteiger partial charge on any atom is -0.348 e. The van der Waals surface area contributed by atoms with Crippen molar-refractivity contribution in [1.29, 1.82) is 0 Å². The van der Waals surface area contributed by atoms with Crippen LogP contribution in [-0.4, -0.2) is 32.1 Å². The van der Waals surface area contributed by atoms with Crippen molar-refractivity contribution in [1.82, 2.24) is 5.32 Å². The Labute approximate surface area is 78.8 Å². The summed E-state index contributed by atoms with van der Waals surface area (Å²) in [5.74, 6) is 1.48. The molecule has 1 spiro atoms. The van der Waals surface area contributed by atoms with Crippen LogP contribution in [0.15, 0.2) is 0 Å². The van der Waals surface area contributed by atoms with Gasteiger partial charge < -0.3 is 14.8 Å². The smallest absolute Gasteiger partial charge is 0.169 e. The first kappa shape index (κ1) is 8.21. The van der Waals surface area contributed by atoms with Gasteiger partial charge in [0.25, 0.3) is 0 Å². The third-order valence-corrected chi connectivity index (χ3v) is 3.73. The Kier molecular flexibility index (Phi) is 1.86. The van der Waals surface area contributed by atoms with Crippen molar-refractivity contribution in [3.05, 3.63) is 0 Å². The highest BCUT2D eigenvalue weighted by Crippen LogP contribution is 2.46. The molecule has 2 saturated heterocycles. The van der Waals surface area contributed by atoms with Crippen molar-refractivity contribution >= 4 is 0 Å². The van der Waals surface area contributed by atoms with E-state index in [1.54, 1.807) is 0 Å². The number of piperidine rings is 1. The van der Waals surface area contributed by atoms with Gasteiger partial charge in [-0.1, -0.05) is 0 Å². The van der Waals surface area contributed by atoms with Crippen molar-refractivity contribution in [3.8, 4) is 0 Å². The van der Waals surface area contributed by atoms with E-state index in [0.29, 0.717) is 0 Å². The molecule has 0 aromatic heterocycles. The summed E-state index contributed by atoms with van der Waals surface area (Å²) in [6.07, 6.45) is 3.56. The Bertz CT molecular complexity index is 185. The molecule has 0 aromatic rings. The molecule has 3 nitrogen and oxygen atoms in total. The summed E-state index contributed by atoms with van der Waals surface area (Å²) in [6, 6.07) is 0. The van der Waals surface area contributed by atoms with Gasteiger partial charge in [-0.3, -0.25) is 0 Å². The van der Waals surface area contributed by atoms with Crippen LogP contribution in [0.2, 0.25) is 0 Å². The van der Waals surface area contributed by atoms with Crippen LogP contribution in [0.5, 0.6) is 0 Å². The highest BCUT2D eigenvalue weighted by molar-refractivity contribution is 4.94. The number of hydrogen-bond donors (Lipinski definition) is 1. The van der Waals surface area contributed by atoms with E-state index in [2.05, 4.69) is 5.32 Å². The molecule has 3 fully saturated rings. The SMILES string of the molecule is C1CC2CC3(CC2CN1)OCCO3. The fourth-order valence-electron chi connectivity index (χ4n) is 3.10. The third kappa shape index (κ3) is 1.30. The summed E-state index contributed by atoms with van der Waals surface area (Å²) in [5.41, 5.74) is 0. The zero-order valence-corrected chi connectivity index (χ0v) is 7.92. The molecular weight excluding hydrogens is 166 g/mol. The topological polar surface area (TPSA) is 30.5 Å². The van der Waals surface area contributed by atoms with Crippen molar-refractivity contribution < 1.29 is 9.47 Å². The predicted molar refractivity (Wildman–Crippen MR) is 48.3 cm³/mol. The van der Waals surface area contributed by atoms with Gasteiger partial charge in [-0.2, -0.15) is 0 Å². The number of rotatable bonds is 0. The summed E-state index contributed by atoms with van der Waals surface area (Å²) in [4.78, 5) is 0. The maximum atomic E-state index is 5.74. The maximum Gasteiger partial charge on any atom is 0.169 e. The van der Waals surface area contributed by atoms with Gasteiger partial charge in [-0.05, 0) is 31.3 Å². The second-order valence-electron chi connectivity index (χ2n) is 4.53. The Hall–Kier alpha value is -0.120. The quantitative estimate of drug-likeness (QED) is 0.601. The molecule has 0 amide bonds. The normalized spacial score (nSPS) is 42.5.